The number of halogens is 1. The number of aliphatic imine (C=N–C) groups is 1. The summed E-state index contributed by atoms with van der Waals surface area (Å²) < 4.78 is 5.19. The van der Waals surface area contributed by atoms with Gasteiger partial charge in [0.1, 0.15) is 5.60 Å². The Kier molecular flexibility index (Phi) is 13.0. The Hall–Kier alpha value is -2.04. The first-order chi connectivity index (χ1) is 13.2. The number of hydrogen-bond donors (Lipinski definition) is 4. The van der Waals surface area contributed by atoms with Crippen LogP contribution in [0.4, 0.5) is 4.79 Å². The summed E-state index contributed by atoms with van der Waals surface area (Å²) >= 11 is 0. The molecule has 0 saturated heterocycles. The van der Waals surface area contributed by atoms with Crippen LogP contribution < -0.4 is 21.3 Å². The Bertz CT molecular complexity index is 674. The van der Waals surface area contributed by atoms with Gasteiger partial charge >= 0.3 is 6.09 Å². The van der Waals surface area contributed by atoms with E-state index in [-0.39, 0.29) is 29.9 Å². The Morgan fingerprint density at radius 3 is 2.28 bits per heavy atom. The van der Waals surface area contributed by atoms with Gasteiger partial charge in [0.2, 0.25) is 0 Å². The van der Waals surface area contributed by atoms with Crippen molar-refractivity contribution in [3.63, 3.8) is 0 Å². The van der Waals surface area contributed by atoms with E-state index in [0.717, 1.165) is 5.56 Å². The van der Waals surface area contributed by atoms with E-state index < -0.39 is 11.7 Å². The van der Waals surface area contributed by atoms with E-state index in [0.29, 0.717) is 44.2 Å². The molecule has 0 aromatic heterocycles. The third kappa shape index (κ3) is 12.2. The van der Waals surface area contributed by atoms with Gasteiger partial charge in [-0.15, -0.1) is 24.0 Å². The fourth-order valence-corrected chi connectivity index (χ4v) is 2.25. The fraction of sp³-hybridized carbons (Fsp3) is 0.550. The molecule has 9 heteroatoms. The molecule has 0 fully saturated rings. The quantitative estimate of drug-likeness (QED) is 0.183. The fourth-order valence-electron chi connectivity index (χ4n) is 2.25. The van der Waals surface area contributed by atoms with Crippen LogP contribution in [0.1, 0.15) is 50.5 Å². The second-order valence-corrected chi connectivity index (χ2v) is 7.11. The van der Waals surface area contributed by atoms with Crippen LogP contribution in [0.2, 0.25) is 0 Å². The molecule has 4 N–H and O–H groups in total. The molecule has 0 unspecified atom stereocenters. The second-order valence-electron chi connectivity index (χ2n) is 7.11. The molecule has 0 aliphatic heterocycles. The lowest BCUT2D eigenvalue weighted by Crippen LogP contribution is -2.42. The minimum absolute atomic E-state index is 0. The molecule has 1 rings (SSSR count). The summed E-state index contributed by atoms with van der Waals surface area (Å²) in [5, 5.41) is 11.8. The number of ether oxygens (including phenoxy) is 1. The minimum Gasteiger partial charge on any atom is -0.444 e. The SMILES string of the molecule is CCNC(=O)c1cccc(CN=C(NCC)NCCNC(=O)OC(C)(C)C)c1.I. The van der Waals surface area contributed by atoms with Crippen LogP contribution in [0.5, 0.6) is 0 Å². The molecule has 29 heavy (non-hydrogen) atoms. The first kappa shape index (κ1) is 27.0. The molecule has 0 saturated carbocycles. The number of rotatable bonds is 8. The molecular formula is C20H34IN5O3. The van der Waals surface area contributed by atoms with E-state index in [1.807, 2.05) is 52.8 Å². The van der Waals surface area contributed by atoms with Gasteiger partial charge in [-0.1, -0.05) is 12.1 Å². The van der Waals surface area contributed by atoms with Gasteiger partial charge in [-0.2, -0.15) is 0 Å². The van der Waals surface area contributed by atoms with Crippen LogP contribution in [0, 0.1) is 0 Å². The number of carbonyl (C=O) groups excluding carboxylic acids is 2. The highest BCUT2D eigenvalue weighted by Gasteiger charge is 2.15. The van der Waals surface area contributed by atoms with Crippen molar-refractivity contribution in [1.82, 2.24) is 21.3 Å². The van der Waals surface area contributed by atoms with Gasteiger partial charge in [-0.25, -0.2) is 9.79 Å². The number of hydrogen-bond acceptors (Lipinski definition) is 4. The average Bonchev–Trinajstić information content (AvgIpc) is 2.62. The summed E-state index contributed by atoms with van der Waals surface area (Å²) in [6.45, 7) is 12.0. The normalized spacial score (nSPS) is 11.1. The zero-order valence-corrected chi connectivity index (χ0v) is 20.3. The van der Waals surface area contributed by atoms with Crippen molar-refractivity contribution in [1.29, 1.82) is 0 Å². The van der Waals surface area contributed by atoms with E-state index in [1.54, 1.807) is 6.07 Å². The smallest absolute Gasteiger partial charge is 0.407 e. The lowest BCUT2D eigenvalue weighted by Gasteiger charge is -2.19. The monoisotopic (exact) mass is 519 g/mol. The summed E-state index contributed by atoms with van der Waals surface area (Å²) in [5.74, 6) is 0.545. The molecule has 8 nitrogen and oxygen atoms in total. The molecule has 164 valence electrons. The van der Waals surface area contributed by atoms with Crippen molar-refractivity contribution in [3.8, 4) is 0 Å². The van der Waals surface area contributed by atoms with Gasteiger partial charge in [0, 0.05) is 31.7 Å². The molecule has 0 atom stereocenters. The largest absolute Gasteiger partial charge is 0.444 e. The van der Waals surface area contributed by atoms with Crippen molar-refractivity contribution in [2.45, 2.75) is 46.8 Å². The van der Waals surface area contributed by atoms with Crippen molar-refractivity contribution < 1.29 is 14.3 Å². The summed E-state index contributed by atoms with van der Waals surface area (Å²) in [6, 6.07) is 7.40. The molecule has 0 bridgehead atoms. The zero-order chi connectivity index (χ0) is 21.0. The number of alkyl carbamates (subject to hydrolysis) is 1. The minimum atomic E-state index is -0.517. The first-order valence-corrected chi connectivity index (χ1v) is 9.61. The molecule has 1 aromatic carbocycles. The molecule has 0 aliphatic rings. The van der Waals surface area contributed by atoms with Crippen LogP contribution in [-0.4, -0.2) is 49.7 Å². The lowest BCUT2D eigenvalue weighted by molar-refractivity contribution is 0.0528. The number of carbonyl (C=O) groups is 2. The second kappa shape index (κ2) is 14.0. The first-order valence-electron chi connectivity index (χ1n) is 9.61. The van der Waals surface area contributed by atoms with Crippen molar-refractivity contribution in [3.05, 3.63) is 35.4 Å². The summed E-state index contributed by atoms with van der Waals surface area (Å²) in [7, 11) is 0. The third-order valence-corrected chi connectivity index (χ3v) is 3.38. The Morgan fingerprint density at radius 2 is 1.66 bits per heavy atom. The van der Waals surface area contributed by atoms with Gasteiger partial charge in [-0.3, -0.25) is 4.79 Å². The van der Waals surface area contributed by atoms with E-state index in [9.17, 15) is 9.59 Å². The molecular weight excluding hydrogens is 485 g/mol. The van der Waals surface area contributed by atoms with Gasteiger partial charge in [0.15, 0.2) is 5.96 Å². The predicted octanol–water partition coefficient (Wildman–Crippen LogP) is 2.63. The molecule has 0 heterocycles. The number of amides is 2. The summed E-state index contributed by atoms with van der Waals surface area (Å²) in [6.07, 6.45) is -0.446. The van der Waals surface area contributed by atoms with Gasteiger partial charge in [0.05, 0.1) is 6.54 Å². The Morgan fingerprint density at radius 1 is 1.00 bits per heavy atom. The van der Waals surface area contributed by atoms with Gasteiger partial charge in [-0.05, 0) is 52.3 Å². The zero-order valence-electron chi connectivity index (χ0n) is 17.9. The molecule has 0 spiro atoms. The number of guanidine groups is 1. The van der Waals surface area contributed by atoms with E-state index in [1.165, 1.54) is 0 Å². The van der Waals surface area contributed by atoms with E-state index in [4.69, 9.17) is 4.74 Å². The maximum atomic E-state index is 11.9. The van der Waals surface area contributed by atoms with E-state index in [2.05, 4.69) is 26.3 Å². The third-order valence-electron chi connectivity index (χ3n) is 3.38. The Labute approximate surface area is 190 Å². The standard InChI is InChI=1S/C20H33N5O3.HI/c1-6-21-17(26)16-10-8-9-15(13-16)14-25-18(22-7-2)23-11-12-24-19(27)28-20(3,4)5;/h8-10,13H,6-7,11-12,14H2,1-5H3,(H,21,26)(H,24,27)(H2,22,23,25);1H. The van der Waals surface area contributed by atoms with Crippen LogP contribution in [-0.2, 0) is 11.3 Å². The van der Waals surface area contributed by atoms with Crippen LogP contribution in [0.3, 0.4) is 0 Å². The maximum Gasteiger partial charge on any atom is 0.407 e. The number of benzene rings is 1. The van der Waals surface area contributed by atoms with Crippen molar-refractivity contribution >= 4 is 41.9 Å². The number of nitrogens with one attached hydrogen (secondary N) is 4. The number of nitrogens with zero attached hydrogens (tertiary/aromatic N) is 1. The predicted molar refractivity (Wildman–Crippen MR) is 127 cm³/mol. The highest BCUT2D eigenvalue weighted by atomic mass is 127. The molecule has 0 aliphatic carbocycles. The molecule has 0 radical (unpaired) electrons. The molecule has 2 amide bonds. The highest BCUT2D eigenvalue weighted by molar-refractivity contribution is 14.0. The molecule has 1 aromatic rings. The van der Waals surface area contributed by atoms with Crippen LogP contribution in [0.25, 0.3) is 0 Å². The maximum absolute atomic E-state index is 11.9. The van der Waals surface area contributed by atoms with Crippen molar-refractivity contribution in [2.75, 3.05) is 26.2 Å². The Balaban J connectivity index is 0.00000784. The van der Waals surface area contributed by atoms with Gasteiger partial charge < -0.3 is 26.0 Å². The van der Waals surface area contributed by atoms with Gasteiger partial charge in [0.25, 0.3) is 5.91 Å². The van der Waals surface area contributed by atoms with Crippen molar-refractivity contribution in [2.24, 2.45) is 4.99 Å². The van der Waals surface area contributed by atoms with Crippen LogP contribution >= 0.6 is 24.0 Å². The average molecular weight is 519 g/mol. The highest BCUT2D eigenvalue weighted by Crippen LogP contribution is 2.07. The van der Waals surface area contributed by atoms with Crippen LogP contribution in [0.15, 0.2) is 29.3 Å². The summed E-state index contributed by atoms with van der Waals surface area (Å²) in [5.41, 5.74) is 1.04. The topological polar surface area (TPSA) is 104 Å². The van der Waals surface area contributed by atoms with E-state index >= 15 is 0 Å². The summed E-state index contributed by atoms with van der Waals surface area (Å²) in [4.78, 5) is 28.1. The lowest BCUT2D eigenvalue weighted by atomic mass is 10.1.